The van der Waals surface area contributed by atoms with Gasteiger partial charge < -0.3 is 14.9 Å². The van der Waals surface area contributed by atoms with Crippen LogP contribution in [0.4, 0.5) is 0 Å². The van der Waals surface area contributed by atoms with E-state index in [4.69, 9.17) is 21.4 Å². The number of carbonyl (C=O) groups is 1. The predicted octanol–water partition coefficient (Wildman–Crippen LogP) is 1.73. The first-order valence-electron chi connectivity index (χ1n) is 4.65. The van der Waals surface area contributed by atoms with Gasteiger partial charge in [-0.2, -0.15) is 0 Å². The maximum Gasteiger partial charge on any atom is 0.335 e. The third kappa shape index (κ3) is 2.87. The van der Waals surface area contributed by atoms with E-state index in [-0.39, 0.29) is 6.42 Å². The van der Waals surface area contributed by atoms with Gasteiger partial charge in [-0.05, 0) is 30.7 Å². The summed E-state index contributed by atoms with van der Waals surface area (Å²) in [7, 11) is 1.47. The van der Waals surface area contributed by atoms with Gasteiger partial charge in [-0.25, -0.2) is 4.79 Å². The molecule has 1 unspecified atom stereocenters. The lowest BCUT2D eigenvalue weighted by Gasteiger charge is -2.19. The monoisotopic (exact) mass is 244 g/mol. The Balaban J connectivity index is 3.04. The van der Waals surface area contributed by atoms with Gasteiger partial charge in [0.05, 0.1) is 7.11 Å². The Bertz CT molecular complexity index is 401. The molecule has 88 valence electrons. The van der Waals surface area contributed by atoms with E-state index in [0.717, 1.165) is 0 Å². The second-order valence-electron chi connectivity index (χ2n) is 3.71. The van der Waals surface area contributed by atoms with Crippen LogP contribution in [0, 0.1) is 0 Å². The van der Waals surface area contributed by atoms with E-state index in [9.17, 15) is 9.90 Å². The van der Waals surface area contributed by atoms with Crippen LogP contribution < -0.4 is 4.74 Å². The zero-order valence-electron chi connectivity index (χ0n) is 9.03. The Kier molecular flexibility index (Phi) is 3.78. The summed E-state index contributed by atoms with van der Waals surface area (Å²) in [5, 5.41) is 18.9. The van der Waals surface area contributed by atoms with Crippen LogP contribution in [-0.2, 0) is 11.2 Å². The number of aliphatic carboxylic acids is 1. The molecular weight excluding hydrogens is 232 g/mol. The second-order valence-corrected chi connectivity index (χ2v) is 4.15. The Morgan fingerprint density at radius 1 is 1.56 bits per heavy atom. The van der Waals surface area contributed by atoms with Crippen LogP contribution >= 0.6 is 11.6 Å². The van der Waals surface area contributed by atoms with Crippen LogP contribution in [0.5, 0.6) is 5.75 Å². The smallest absolute Gasteiger partial charge is 0.335 e. The number of hydrogen-bond acceptors (Lipinski definition) is 3. The molecule has 0 saturated heterocycles. The Labute approximate surface area is 98.4 Å². The first-order chi connectivity index (χ1) is 7.36. The van der Waals surface area contributed by atoms with Crippen molar-refractivity contribution in [1.82, 2.24) is 0 Å². The second kappa shape index (κ2) is 4.72. The van der Waals surface area contributed by atoms with Gasteiger partial charge in [0.1, 0.15) is 5.75 Å². The summed E-state index contributed by atoms with van der Waals surface area (Å²) < 4.78 is 5.06. The van der Waals surface area contributed by atoms with E-state index in [0.29, 0.717) is 16.3 Å². The molecule has 0 fully saturated rings. The molecule has 0 aliphatic rings. The van der Waals surface area contributed by atoms with Crippen molar-refractivity contribution in [1.29, 1.82) is 0 Å². The molecule has 1 aromatic rings. The summed E-state index contributed by atoms with van der Waals surface area (Å²) in [6.07, 6.45) is -0.0634. The SMILES string of the molecule is COc1ccc(Cl)cc1CC(C)(O)C(=O)O. The van der Waals surface area contributed by atoms with Crippen molar-refractivity contribution >= 4 is 17.6 Å². The molecular formula is C11H13ClO4. The number of aliphatic hydroxyl groups is 1. The highest BCUT2D eigenvalue weighted by molar-refractivity contribution is 6.30. The average molecular weight is 245 g/mol. The molecule has 0 aliphatic heterocycles. The third-order valence-corrected chi connectivity index (χ3v) is 2.47. The summed E-state index contributed by atoms with van der Waals surface area (Å²) in [5.74, 6) is -0.777. The molecule has 0 aliphatic carbocycles. The summed E-state index contributed by atoms with van der Waals surface area (Å²) >= 11 is 5.80. The van der Waals surface area contributed by atoms with Gasteiger partial charge in [0.25, 0.3) is 0 Å². The van der Waals surface area contributed by atoms with E-state index in [1.807, 2.05) is 0 Å². The van der Waals surface area contributed by atoms with Crippen LogP contribution in [0.2, 0.25) is 5.02 Å². The zero-order valence-corrected chi connectivity index (χ0v) is 9.78. The summed E-state index contributed by atoms with van der Waals surface area (Å²) in [6, 6.07) is 4.85. The fourth-order valence-electron chi connectivity index (χ4n) is 1.33. The van der Waals surface area contributed by atoms with Crippen molar-refractivity contribution in [2.45, 2.75) is 18.9 Å². The molecule has 0 heterocycles. The first-order valence-corrected chi connectivity index (χ1v) is 5.03. The third-order valence-electron chi connectivity index (χ3n) is 2.24. The van der Waals surface area contributed by atoms with E-state index in [1.165, 1.54) is 14.0 Å². The van der Waals surface area contributed by atoms with Gasteiger partial charge in [-0.1, -0.05) is 11.6 Å². The van der Waals surface area contributed by atoms with Crippen molar-refractivity contribution in [3.8, 4) is 5.75 Å². The topological polar surface area (TPSA) is 66.8 Å². The van der Waals surface area contributed by atoms with Gasteiger partial charge >= 0.3 is 5.97 Å². The Morgan fingerprint density at radius 3 is 2.69 bits per heavy atom. The molecule has 0 bridgehead atoms. The van der Waals surface area contributed by atoms with Crippen molar-refractivity contribution < 1.29 is 19.7 Å². The summed E-state index contributed by atoms with van der Waals surface area (Å²) in [5.41, 5.74) is -1.28. The predicted molar refractivity (Wildman–Crippen MR) is 60.0 cm³/mol. The molecule has 1 atom stereocenters. The van der Waals surface area contributed by atoms with Crippen molar-refractivity contribution in [2.24, 2.45) is 0 Å². The maximum absolute atomic E-state index is 10.8. The molecule has 16 heavy (non-hydrogen) atoms. The highest BCUT2D eigenvalue weighted by Gasteiger charge is 2.31. The molecule has 2 N–H and O–H groups in total. The molecule has 5 heteroatoms. The van der Waals surface area contributed by atoms with Crippen molar-refractivity contribution in [2.75, 3.05) is 7.11 Å². The van der Waals surface area contributed by atoms with Crippen molar-refractivity contribution in [3.63, 3.8) is 0 Å². The van der Waals surface area contributed by atoms with E-state index < -0.39 is 11.6 Å². The molecule has 0 radical (unpaired) electrons. The van der Waals surface area contributed by atoms with Crippen LogP contribution in [0.15, 0.2) is 18.2 Å². The zero-order chi connectivity index (χ0) is 12.3. The number of carboxylic acid groups (broad SMARTS) is 1. The normalized spacial score (nSPS) is 14.2. The lowest BCUT2D eigenvalue weighted by molar-refractivity contribution is -0.156. The van der Waals surface area contributed by atoms with Gasteiger partial charge in [-0.15, -0.1) is 0 Å². The van der Waals surface area contributed by atoms with Gasteiger partial charge in [0, 0.05) is 11.4 Å². The van der Waals surface area contributed by atoms with Crippen LogP contribution in [0.3, 0.4) is 0 Å². The first kappa shape index (κ1) is 12.8. The number of ether oxygens (including phenoxy) is 1. The molecule has 4 nitrogen and oxygen atoms in total. The minimum absolute atomic E-state index is 0.0634. The number of rotatable bonds is 4. The quantitative estimate of drug-likeness (QED) is 0.847. The molecule has 1 aromatic carbocycles. The number of carboxylic acids is 1. The van der Waals surface area contributed by atoms with Crippen LogP contribution in [0.25, 0.3) is 0 Å². The molecule has 0 amide bonds. The molecule has 0 saturated carbocycles. The van der Waals surface area contributed by atoms with E-state index >= 15 is 0 Å². The van der Waals surface area contributed by atoms with E-state index in [1.54, 1.807) is 18.2 Å². The number of halogens is 1. The lowest BCUT2D eigenvalue weighted by Crippen LogP contribution is -2.37. The summed E-state index contributed by atoms with van der Waals surface area (Å²) in [6.45, 7) is 1.23. The standard InChI is InChI=1S/C11H13ClO4/c1-11(15,10(13)14)6-7-5-8(12)3-4-9(7)16-2/h3-5,15H,6H2,1-2H3,(H,13,14). The van der Waals surface area contributed by atoms with Crippen LogP contribution in [0.1, 0.15) is 12.5 Å². The minimum atomic E-state index is -1.84. The molecule has 0 spiro atoms. The highest BCUT2D eigenvalue weighted by atomic mass is 35.5. The Hall–Kier alpha value is -1.26. The number of methoxy groups -OCH3 is 1. The molecule has 1 rings (SSSR count). The van der Waals surface area contributed by atoms with Gasteiger partial charge in [0.15, 0.2) is 5.60 Å². The fraction of sp³-hybridized carbons (Fsp3) is 0.364. The number of hydrogen-bond donors (Lipinski definition) is 2. The average Bonchev–Trinajstić information content (AvgIpc) is 2.17. The maximum atomic E-state index is 10.8. The van der Waals surface area contributed by atoms with E-state index in [2.05, 4.69) is 0 Å². The largest absolute Gasteiger partial charge is 0.496 e. The van der Waals surface area contributed by atoms with Gasteiger partial charge in [0.2, 0.25) is 0 Å². The molecule has 0 aromatic heterocycles. The highest BCUT2D eigenvalue weighted by Crippen LogP contribution is 2.26. The summed E-state index contributed by atoms with van der Waals surface area (Å²) in [4.78, 5) is 10.8. The number of benzene rings is 1. The minimum Gasteiger partial charge on any atom is -0.496 e. The van der Waals surface area contributed by atoms with Crippen LogP contribution in [-0.4, -0.2) is 28.9 Å². The fourth-order valence-corrected chi connectivity index (χ4v) is 1.53. The van der Waals surface area contributed by atoms with Crippen molar-refractivity contribution in [3.05, 3.63) is 28.8 Å². The Morgan fingerprint density at radius 2 is 2.19 bits per heavy atom. The van der Waals surface area contributed by atoms with Gasteiger partial charge in [-0.3, -0.25) is 0 Å². The lowest BCUT2D eigenvalue weighted by atomic mass is 9.96.